The van der Waals surface area contributed by atoms with Gasteiger partial charge in [0.1, 0.15) is 5.75 Å². The van der Waals surface area contributed by atoms with E-state index in [0.717, 1.165) is 5.56 Å². The van der Waals surface area contributed by atoms with E-state index in [2.05, 4.69) is 5.32 Å². The molecule has 25 heavy (non-hydrogen) atoms. The molecule has 0 aromatic heterocycles. The number of amides is 1. The Bertz CT molecular complexity index is 756. The van der Waals surface area contributed by atoms with Gasteiger partial charge >= 0.3 is 5.97 Å². The lowest BCUT2D eigenvalue weighted by atomic mass is 10.2. The average molecular weight is 367 g/mol. The molecule has 7 nitrogen and oxygen atoms in total. The monoisotopic (exact) mass is 367 g/mol. The fraction of sp³-hybridized carbons (Fsp3) is 0.412. The number of rotatable bonds is 7. The predicted octanol–water partition coefficient (Wildman–Crippen LogP) is 0.945. The van der Waals surface area contributed by atoms with E-state index in [-0.39, 0.29) is 11.5 Å². The largest absolute Gasteiger partial charge is 0.493 e. The Hall–Kier alpha value is -2.35. The van der Waals surface area contributed by atoms with Crippen LogP contribution in [0.2, 0.25) is 0 Å². The van der Waals surface area contributed by atoms with Crippen LogP contribution in [0, 0.1) is 0 Å². The van der Waals surface area contributed by atoms with Crippen LogP contribution in [0.15, 0.2) is 30.3 Å². The maximum Gasteiger partial charge on any atom is 0.331 e. The maximum atomic E-state index is 11.7. The summed E-state index contributed by atoms with van der Waals surface area (Å²) in [5.41, 5.74) is 0.724. The van der Waals surface area contributed by atoms with Gasteiger partial charge in [-0.15, -0.1) is 0 Å². The van der Waals surface area contributed by atoms with Gasteiger partial charge in [0.2, 0.25) is 0 Å². The Labute approximate surface area is 146 Å². The maximum absolute atomic E-state index is 11.7. The quantitative estimate of drug-likeness (QED) is 0.569. The number of ether oxygens (including phenoxy) is 2. The van der Waals surface area contributed by atoms with Crippen molar-refractivity contribution in [1.29, 1.82) is 0 Å². The molecule has 0 aliphatic carbocycles. The number of carbonyl (C=O) groups excluding carboxylic acids is 2. The lowest BCUT2D eigenvalue weighted by Gasteiger charge is -2.10. The van der Waals surface area contributed by atoms with Gasteiger partial charge in [0, 0.05) is 17.7 Å². The molecule has 2 rings (SSSR count). The first-order chi connectivity index (χ1) is 11.9. The zero-order chi connectivity index (χ0) is 18.3. The van der Waals surface area contributed by atoms with Crippen LogP contribution in [0.1, 0.15) is 18.9 Å². The van der Waals surface area contributed by atoms with E-state index in [4.69, 9.17) is 9.47 Å². The van der Waals surface area contributed by atoms with Crippen molar-refractivity contribution in [2.45, 2.75) is 19.4 Å². The van der Waals surface area contributed by atoms with Crippen LogP contribution >= 0.6 is 0 Å². The molecule has 0 bridgehead atoms. The highest BCUT2D eigenvalue weighted by molar-refractivity contribution is 7.91. The van der Waals surface area contributed by atoms with Crippen molar-refractivity contribution in [3.8, 4) is 5.75 Å². The minimum Gasteiger partial charge on any atom is -0.493 e. The minimum atomic E-state index is -3.07. The molecule has 0 saturated carbocycles. The first-order valence-electron chi connectivity index (χ1n) is 7.96. The highest BCUT2D eigenvalue weighted by atomic mass is 32.2. The Balaban J connectivity index is 1.79. The number of benzene rings is 1. The number of hydrogen-bond acceptors (Lipinski definition) is 6. The van der Waals surface area contributed by atoms with Gasteiger partial charge in [-0.1, -0.05) is 18.2 Å². The van der Waals surface area contributed by atoms with E-state index in [9.17, 15) is 18.0 Å². The standard InChI is InChI=1S/C17H21NO6S/c1-2-23-15-6-4-3-5-13(15)7-8-17(20)24-11-16(19)18-14-9-10-25(21,22)12-14/h3-8,14H,2,9-12H2,1H3,(H,18,19)/b8-7+/t14-/m1/s1. The summed E-state index contributed by atoms with van der Waals surface area (Å²) in [4.78, 5) is 23.4. The van der Waals surface area contributed by atoms with E-state index < -0.39 is 34.4 Å². The van der Waals surface area contributed by atoms with E-state index in [1.165, 1.54) is 6.08 Å². The van der Waals surface area contributed by atoms with Crippen LogP contribution in [0.5, 0.6) is 5.75 Å². The van der Waals surface area contributed by atoms with Gasteiger partial charge in [-0.05, 0) is 25.5 Å². The molecule has 1 amide bonds. The fourth-order valence-electron chi connectivity index (χ4n) is 2.43. The van der Waals surface area contributed by atoms with Crippen molar-refractivity contribution in [3.63, 3.8) is 0 Å². The van der Waals surface area contributed by atoms with Crippen LogP contribution in [0.25, 0.3) is 6.08 Å². The molecule has 8 heteroatoms. The van der Waals surface area contributed by atoms with E-state index >= 15 is 0 Å². The van der Waals surface area contributed by atoms with Gasteiger partial charge in [0.25, 0.3) is 5.91 Å². The predicted molar refractivity (Wildman–Crippen MR) is 92.8 cm³/mol. The van der Waals surface area contributed by atoms with Gasteiger partial charge in [0.05, 0.1) is 18.1 Å². The van der Waals surface area contributed by atoms with Crippen molar-refractivity contribution in [2.75, 3.05) is 24.7 Å². The highest BCUT2D eigenvalue weighted by Crippen LogP contribution is 2.19. The molecule has 1 aliphatic rings. The average Bonchev–Trinajstić information content (AvgIpc) is 2.91. The summed E-state index contributed by atoms with van der Waals surface area (Å²) in [6.07, 6.45) is 3.15. The molecule has 0 unspecified atom stereocenters. The van der Waals surface area contributed by atoms with Crippen LogP contribution in [-0.2, 0) is 24.2 Å². The van der Waals surface area contributed by atoms with Crippen LogP contribution in [-0.4, -0.2) is 51.1 Å². The summed E-state index contributed by atoms with van der Waals surface area (Å²) in [5.74, 6) is -0.533. The molecule has 1 aliphatic heterocycles. The van der Waals surface area contributed by atoms with Gasteiger partial charge in [-0.3, -0.25) is 4.79 Å². The lowest BCUT2D eigenvalue weighted by Crippen LogP contribution is -2.38. The topological polar surface area (TPSA) is 98.8 Å². The van der Waals surface area contributed by atoms with E-state index in [1.807, 2.05) is 19.1 Å². The summed E-state index contributed by atoms with van der Waals surface area (Å²) >= 11 is 0. The van der Waals surface area contributed by atoms with E-state index in [1.54, 1.807) is 18.2 Å². The first kappa shape index (κ1) is 19.0. The van der Waals surface area contributed by atoms with Crippen LogP contribution in [0.4, 0.5) is 0 Å². The molecule has 1 fully saturated rings. The molecular weight excluding hydrogens is 346 g/mol. The number of para-hydroxylation sites is 1. The molecule has 1 N–H and O–H groups in total. The molecular formula is C17H21NO6S. The summed E-state index contributed by atoms with van der Waals surface area (Å²) in [7, 11) is -3.07. The molecule has 1 heterocycles. The molecule has 1 aromatic rings. The van der Waals surface area contributed by atoms with Crippen LogP contribution in [0.3, 0.4) is 0 Å². The SMILES string of the molecule is CCOc1ccccc1/C=C/C(=O)OCC(=O)N[C@@H]1CCS(=O)(=O)C1. The molecule has 136 valence electrons. The molecule has 1 atom stereocenters. The highest BCUT2D eigenvalue weighted by Gasteiger charge is 2.28. The Morgan fingerprint density at radius 1 is 1.32 bits per heavy atom. The van der Waals surface area contributed by atoms with Gasteiger partial charge in [-0.25, -0.2) is 13.2 Å². The van der Waals surface area contributed by atoms with Gasteiger partial charge < -0.3 is 14.8 Å². The molecule has 1 saturated heterocycles. The molecule has 1 aromatic carbocycles. The number of esters is 1. The third-order valence-corrected chi connectivity index (χ3v) is 5.33. The van der Waals surface area contributed by atoms with E-state index in [0.29, 0.717) is 18.8 Å². The van der Waals surface area contributed by atoms with Crippen molar-refractivity contribution >= 4 is 27.8 Å². The zero-order valence-electron chi connectivity index (χ0n) is 13.9. The smallest absolute Gasteiger partial charge is 0.331 e. The van der Waals surface area contributed by atoms with Gasteiger partial charge in [-0.2, -0.15) is 0 Å². The second kappa shape index (κ2) is 8.66. The second-order valence-corrected chi connectivity index (χ2v) is 7.81. The normalized spacial score (nSPS) is 18.8. The summed E-state index contributed by atoms with van der Waals surface area (Å²) in [5, 5.41) is 2.55. The summed E-state index contributed by atoms with van der Waals surface area (Å²) in [6.45, 7) is 1.92. The number of carbonyl (C=O) groups is 2. The van der Waals surface area contributed by atoms with Gasteiger partial charge in [0.15, 0.2) is 16.4 Å². The third kappa shape index (κ3) is 6.22. The number of nitrogens with one attached hydrogen (secondary N) is 1. The fourth-order valence-corrected chi connectivity index (χ4v) is 4.10. The Morgan fingerprint density at radius 2 is 2.08 bits per heavy atom. The van der Waals surface area contributed by atoms with Crippen molar-refractivity contribution in [1.82, 2.24) is 5.32 Å². The zero-order valence-corrected chi connectivity index (χ0v) is 14.8. The minimum absolute atomic E-state index is 0.0686. The van der Waals surface area contributed by atoms with Crippen molar-refractivity contribution < 1.29 is 27.5 Å². The van der Waals surface area contributed by atoms with Crippen molar-refractivity contribution in [3.05, 3.63) is 35.9 Å². The van der Waals surface area contributed by atoms with Crippen LogP contribution < -0.4 is 10.1 Å². The molecule has 0 spiro atoms. The number of hydrogen-bond donors (Lipinski definition) is 1. The Kier molecular flexibility index (Phi) is 6.58. The third-order valence-electron chi connectivity index (χ3n) is 3.56. The summed E-state index contributed by atoms with van der Waals surface area (Å²) < 4.78 is 33.0. The lowest BCUT2D eigenvalue weighted by molar-refractivity contribution is -0.143. The summed E-state index contributed by atoms with van der Waals surface area (Å²) in [6, 6.07) is 6.81. The Morgan fingerprint density at radius 3 is 2.76 bits per heavy atom. The number of sulfone groups is 1. The second-order valence-electron chi connectivity index (χ2n) is 5.58. The first-order valence-corrected chi connectivity index (χ1v) is 9.78. The molecule has 0 radical (unpaired) electrons. The van der Waals surface area contributed by atoms with Crippen molar-refractivity contribution in [2.24, 2.45) is 0 Å².